The lowest BCUT2D eigenvalue weighted by atomic mass is 9.95. The van der Waals surface area contributed by atoms with Crippen molar-refractivity contribution in [1.29, 1.82) is 2.86 Å². The number of hydrogen-bond acceptors (Lipinski definition) is 19. The smallest absolute Gasteiger partial charge is 0.400 e. The third-order valence-electron chi connectivity index (χ3n) is 16.6. The summed E-state index contributed by atoms with van der Waals surface area (Å²) in [6.45, 7) is 44.1. The molecule has 0 radical (unpaired) electrons. The van der Waals surface area contributed by atoms with E-state index in [1.165, 1.54) is 33.9 Å². The average Bonchev–Trinajstić information content (AvgIpc) is 1.72. The zero-order valence-corrected chi connectivity index (χ0v) is 61.7. The van der Waals surface area contributed by atoms with Gasteiger partial charge in [-0.05, 0) is 139 Å². The summed E-state index contributed by atoms with van der Waals surface area (Å²) in [6, 6.07) is -0.441. The molecule has 26 heteroatoms. The van der Waals surface area contributed by atoms with Gasteiger partial charge in [-0.1, -0.05) is 120 Å². The molecule has 7 aliphatic rings. The largest absolute Gasteiger partial charge is 0.406 e. The molecule has 0 saturated carbocycles. The first-order valence-electron chi connectivity index (χ1n) is 40.5. The summed E-state index contributed by atoms with van der Waals surface area (Å²) in [5.74, 6) is 1.39. The Morgan fingerprint density at radius 3 is 1.55 bits per heavy atom. The van der Waals surface area contributed by atoms with Crippen LogP contribution in [0.25, 0.3) is 20.1 Å². The van der Waals surface area contributed by atoms with Gasteiger partial charge in [0.2, 0.25) is 16.0 Å². The second-order valence-electron chi connectivity index (χ2n) is 24.0. The van der Waals surface area contributed by atoms with E-state index in [-0.39, 0.29) is 145 Å². The van der Waals surface area contributed by atoms with Gasteiger partial charge in [0.1, 0.15) is 13.2 Å². The predicted octanol–water partition coefficient (Wildman–Crippen LogP) is 13.7. The van der Waals surface area contributed by atoms with E-state index in [2.05, 4.69) is 107 Å². The van der Waals surface area contributed by atoms with Gasteiger partial charge in [0.05, 0.1) is 76.7 Å². The highest BCUT2D eigenvalue weighted by molar-refractivity contribution is 7.51. The number of nitrogens with two attached hydrogens (primary N) is 1. The highest BCUT2D eigenvalue weighted by atomic mass is 31.2. The van der Waals surface area contributed by atoms with Crippen LogP contribution in [0.15, 0.2) is 30.4 Å². The van der Waals surface area contributed by atoms with Crippen LogP contribution in [-0.4, -0.2) is 215 Å². The van der Waals surface area contributed by atoms with E-state index in [1.807, 2.05) is 27.7 Å². The van der Waals surface area contributed by atoms with Crippen LogP contribution in [-0.2, 0) is 55.8 Å². The van der Waals surface area contributed by atoms with E-state index in [0.717, 1.165) is 44.9 Å². The van der Waals surface area contributed by atoms with Crippen LogP contribution in [0.1, 0.15) is 206 Å². The monoisotopic (exact) mass is 1430 g/mol. The average molecular weight is 1430 g/mol. The van der Waals surface area contributed by atoms with Crippen LogP contribution in [0, 0.1) is 42.7 Å². The number of azide groups is 1. The van der Waals surface area contributed by atoms with Crippen LogP contribution in [0.4, 0.5) is 0 Å². The van der Waals surface area contributed by atoms with E-state index in [0.29, 0.717) is 50.9 Å². The second kappa shape index (κ2) is 59.3. The minimum Gasteiger partial charge on any atom is -0.400 e. The number of aliphatic hydroxyl groups excluding tert-OH is 3. The summed E-state index contributed by atoms with van der Waals surface area (Å²) in [7, 11) is -2.77. The van der Waals surface area contributed by atoms with Gasteiger partial charge in [0, 0.05) is 92.5 Å². The lowest BCUT2D eigenvalue weighted by Crippen LogP contribution is -2.42. The lowest BCUT2D eigenvalue weighted by Gasteiger charge is -2.31. The standard InChI is InChI=1S/C17H31N2O5P.C17H31N2O4P.C9H15N3O.C9H19NO.C9H16O2.C6H15N.2CH4O.CH4/c1-5-6-15(17-13(2)7-10-22-17)19-25(20,23-12-9-18-4)24-16-8-11-21-14(16)3;1-5-6-15(17-13(2)7-10-21-17)19-24(22-12-9-18-4)23-16-8-11-20-14(16)3;1-3-4-8(11-12-10)9-7(2)5-6-13-9;2*1-3-4-8(10)9-7(2)5-6-11-9;1-4-7(5-2)6-3;2*1-2;/h13-17H,5-12H2,1-3H3,(H,19,20);13-17,19H,5-12H2,1-3H3;3,7-9H,1,4-6H2,2H3;7-9H,3-6,10H2,1-2H3;3,7-10H,1,4-6H2,2H3;4-6H2,1-3H3;2*2H,1H3;1H4/t13-,14+,15+,16-,17-,25?;13-,14+,15+,16-,17-,24?;2*7-,8+,9-;7-,8-,9-;;;;/m00000..../s1/i2*3D,10T,11T;3*6T;;2*2T;/t10-,11-,13+,14-,15-,16+,17+,25?;10-,11-,13+,14-,15-,16+,17+,24?;2*6-,7+,8-,9+;6-,7+,8+,9+;;;;/m11111..... The van der Waals surface area contributed by atoms with Gasteiger partial charge in [0.25, 0.3) is 8.53 Å². The summed E-state index contributed by atoms with van der Waals surface area (Å²) in [5, 5.41) is 26.7. The first-order chi connectivity index (χ1) is 50.4. The fourth-order valence-electron chi connectivity index (χ4n) is 11.0. The van der Waals surface area contributed by atoms with Crippen molar-refractivity contribution in [3.8, 4) is 0 Å². The van der Waals surface area contributed by atoms with Gasteiger partial charge in [-0.15, -0.1) is 13.2 Å². The van der Waals surface area contributed by atoms with E-state index in [4.69, 9.17) is 90.9 Å². The molecular formula is C70H139N9O15P2. The molecule has 7 N–H and O–H groups in total. The highest BCUT2D eigenvalue weighted by Gasteiger charge is 2.42. The summed E-state index contributed by atoms with van der Waals surface area (Å²) < 4.78 is 155. The van der Waals surface area contributed by atoms with Crippen molar-refractivity contribution in [3.63, 3.8) is 0 Å². The molecule has 0 bridgehead atoms. The number of nitrogens with zero attached hydrogens (tertiary/aromatic N) is 6. The topological polar surface area (TPSA) is 290 Å². The van der Waals surface area contributed by atoms with Crippen molar-refractivity contribution in [2.45, 2.75) is 279 Å². The molecule has 24 nitrogen and oxygen atoms in total. The molecule has 0 aliphatic carbocycles. The molecule has 96 heavy (non-hydrogen) atoms. The van der Waals surface area contributed by atoms with Gasteiger partial charge >= 0.3 is 7.75 Å². The second-order valence-corrected chi connectivity index (χ2v) is 27.0. The Labute approximate surface area is 600 Å². The minimum atomic E-state index is -3.84. The summed E-state index contributed by atoms with van der Waals surface area (Å²) in [4.78, 5) is 11.7. The van der Waals surface area contributed by atoms with Gasteiger partial charge in [-0.3, -0.25) is 9.05 Å². The van der Waals surface area contributed by atoms with Gasteiger partial charge in [0.15, 0.2) is 0 Å². The molecule has 7 fully saturated rings. The van der Waals surface area contributed by atoms with Gasteiger partial charge in [-0.2, -0.15) is 0 Å². The fourth-order valence-corrected chi connectivity index (χ4v) is 14.3. The molecule has 7 aliphatic heterocycles. The number of aliphatic hydroxyl groups is 3. The Morgan fingerprint density at radius 1 is 0.698 bits per heavy atom. The first kappa shape index (κ1) is 76.4. The number of rotatable bonds is 33. The SMILES string of the molecule is C.CCN(CC)CC.[2H]C[C@H]1O[C@H]([3H])C[C@@H]1OP(=O)(N[C@H](CCC)[C@H]1O[C@H]([3H])C[C@@H]1C)OCC[N+]#[C-].[2H]C[C@H]1O[C@H]([3H])C[C@@H]1OP(N[C@H](CCC)[C@H]1O[C@H]([3H])C[C@@H]1C)OCC[N+]#[C-].[3H]OC.[3H]OC.[3H][C@@H]1C[C@H](C)[C@@H]([C@@H](CC=C)N=[N+]=[N-])O1.[3H][C@@H]1C[C@H](C)[C@@H]([C@@H](O)CC=C)O1.[3H][C@@H]1C[C@H](C)[C@@H]([C@H](N)CCC)O1. The van der Waals surface area contributed by atoms with Crippen LogP contribution >= 0.6 is 16.3 Å². The van der Waals surface area contributed by atoms with E-state index < -0.39 is 80.2 Å². The number of ether oxygens (including phenoxy) is 7. The Kier molecular flexibility index (Phi) is 47.1. The lowest BCUT2D eigenvalue weighted by molar-refractivity contribution is -0.0144. The Balaban J connectivity index is 0. The zero-order chi connectivity index (χ0) is 80.5. The Hall–Kier alpha value is -2.29. The molecule has 7 heterocycles. The predicted molar refractivity (Wildman–Crippen MR) is 388 cm³/mol. The maximum Gasteiger partial charge on any atom is 0.406 e. The van der Waals surface area contributed by atoms with E-state index >= 15 is 0 Å². The molecule has 0 spiro atoms. The quantitative estimate of drug-likeness (QED) is 0.00677. The molecule has 7 rings (SSSR count). The third kappa shape index (κ3) is 38.1. The molecule has 0 amide bonds. The fraction of sp³-hybridized carbons (Fsp3) is 0.914. The number of nitrogens with one attached hydrogen (secondary N) is 2. The van der Waals surface area contributed by atoms with E-state index in [9.17, 15) is 9.67 Å². The molecule has 7 saturated heterocycles. The van der Waals surface area contributed by atoms with Crippen molar-refractivity contribution in [2.75, 3.05) is 106 Å². The summed E-state index contributed by atoms with van der Waals surface area (Å²) in [6.07, 6.45) is 10.9. The normalized spacial score (nSPS) is 36.3. The first-order valence-corrected chi connectivity index (χ1v) is 36.9. The van der Waals surface area contributed by atoms with Crippen molar-refractivity contribution in [1.82, 2.24) is 15.1 Å². The Morgan fingerprint density at radius 2 is 1.12 bits per heavy atom. The zero-order valence-electron chi connectivity index (χ0n) is 70.9. The van der Waals surface area contributed by atoms with E-state index in [1.54, 1.807) is 12.2 Å². The van der Waals surface area contributed by atoms with Gasteiger partial charge < -0.3 is 77.9 Å². The minimum absolute atomic E-state index is 0. The Bertz CT molecular complexity index is 2440. The maximum atomic E-state index is 13.5. The van der Waals surface area contributed by atoms with Crippen LogP contribution in [0.5, 0.6) is 0 Å². The van der Waals surface area contributed by atoms with Crippen LogP contribution in [0.2, 0.25) is 0 Å². The molecule has 0 aromatic carbocycles. The van der Waals surface area contributed by atoms with Crippen molar-refractivity contribution >= 4 is 16.3 Å². The van der Waals surface area contributed by atoms with Gasteiger partial charge in [-0.25, -0.2) is 27.9 Å². The third-order valence-corrected chi connectivity index (χ3v) is 19.7. The maximum absolute atomic E-state index is 13.5. The molecule has 0 aromatic rings. The number of hydrogen-bond donors (Lipinski definition) is 6. The molecule has 564 valence electrons. The van der Waals surface area contributed by atoms with Crippen LogP contribution in [0.3, 0.4) is 0 Å². The molecule has 2 unspecified atom stereocenters. The van der Waals surface area contributed by atoms with Crippen molar-refractivity contribution in [3.05, 3.63) is 58.6 Å². The summed E-state index contributed by atoms with van der Waals surface area (Å²) in [5.41, 5.74) is 14.3. The summed E-state index contributed by atoms with van der Waals surface area (Å²) >= 11 is 0. The molecule has 28 atom stereocenters. The highest BCUT2D eigenvalue weighted by Crippen LogP contribution is 2.49. The molecular weight excluding hydrogens is 1270 g/mol. The molecule has 0 aromatic heterocycles. The van der Waals surface area contributed by atoms with Crippen molar-refractivity contribution in [2.24, 2.45) is 40.4 Å². The van der Waals surface area contributed by atoms with Crippen LogP contribution < -0.4 is 15.9 Å². The van der Waals surface area contributed by atoms with Crippen molar-refractivity contribution < 1.29 is 83.5 Å².